The van der Waals surface area contributed by atoms with Gasteiger partial charge in [0.25, 0.3) is 5.91 Å². The van der Waals surface area contributed by atoms with E-state index in [1.807, 2.05) is 24.6 Å². The molecular weight excluding hydrogens is 363 g/mol. The summed E-state index contributed by atoms with van der Waals surface area (Å²) in [6.07, 6.45) is 1.86. The molecule has 0 aliphatic rings. The highest BCUT2D eigenvalue weighted by molar-refractivity contribution is 9.10. The number of aromatic nitrogens is 1. The molecule has 1 amide bonds. The second-order valence-corrected chi connectivity index (χ2v) is 6.10. The Labute approximate surface area is 136 Å². The summed E-state index contributed by atoms with van der Waals surface area (Å²) in [6.45, 7) is 4.54. The summed E-state index contributed by atoms with van der Waals surface area (Å²) >= 11 is 15.5. The van der Waals surface area contributed by atoms with Crippen molar-refractivity contribution in [1.29, 1.82) is 0 Å². The van der Waals surface area contributed by atoms with Crippen LogP contribution >= 0.6 is 39.1 Å². The van der Waals surface area contributed by atoms with Crippen molar-refractivity contribution in [2.45, 2.75) is 20.4 Å². The minimum atomic E-state index is -0.223. The van der Waals surface area contributed by atoms with E-state index in [2.05, 4.69) is 21.2 Å². The first-order valence-corrected chi connectivity index (χ1v) is 7.60. The molecule has 0 bridgehead atoms. The van der Waals surface area contributed by atoms with Crippen LogP contribution in [-0.2, 0) is 6.54 Å². The second kappa shape index (κ2) is 6.20. The van der Waals surface area contributed by atoms with Gasteiger partial charge in [-0.2, -0.15) is 0 Å². The van der Waals surface area contributed by atoms with Gasteiger partial charge in [-0.25, -0.2) is 0 Å². The lowest BCUT2D eigenvalue weighted by Gasteiger charge is -2.10. The van der Waals surface area contributed by atoms with Gasteiger partial charge in [0.15, 0.2) is 0 Å². The zero-order chi connectivity index (χ0) is 14.9. The minimum absolute atomic E-state index is 0.223. The minimum Gasteiger partial charge on any atom is -0.343 e. The third kappa shape index (κ3) is 3.19. The topological polar surface area (TPSA) is 34.0 Å². The van der Waals surface area contributed by atoms with Crippen molar-refractivity contribution in [2.24, 2.45) is 0 Å². The van der Waals surface area contributed by atoms with Crippen LogP contribution in [0, 0.1) is 6.92 Å². The molecule has 1 aromatic heterocycles. The Morgan fingerprint density at radius 2 is 2.00 bits per heavy atom. The number of hydrogen-bond donors (Lipinski definition) is 1. The van der Waals surface area contributed by atoms with Gasteiger partial charge in [0, 0.05) is 22.2 Å². The van der Waals surface area contributed by atoms with Crippen LogP contribution in [0.4, 0.5) is 5.69 Å². The Morgan fingerprint density at radius 1 is 1.30 bits per heavy atom. The Kier molecular flexibility index (Phi) is 4.78. The maximum Gasteiger partial charge on any atom is 0.272 e. The van der Waals surface area contributed by atoms with Crippen LogP contribution in [-0.4, -0.2) is 10.5 Å². The lowest BCUT2D eigenvalue weighted by molar-refractivity contribution is 0.101. The average molecular weight is 376 g/mol. The maximum atomic E-state index is 12.3. The van der Waals surface area contributed by atoms with E-state index in [0.29, 0.717) is 28.0 Å². The van der Waals surface area contributed by atoms with Gasteiger partial charge < -0.3 is 9.88 Å². The lowest BCUT2D eigenvalue weighted by atomic mass is 10.2. The zero-order valence-corrected chi connectivity index (χ0v) is 14.1. The third-order valence-corrected chi connectivity index (χ3v) is 4.09. The summed E-state index contributed by atoms with van der Waals surface area (Å²) in [6, 6.07) is 5.15. The molecule has 3 nitrogen and oxygen atoms in total. The predicted octanol–water partition coefficient (Wildman–Crippen LogP) is 5.14. The number of aryl methyl sites for hydroxylation is 2. The molecule has 106 valence electrons. The van der Waals surface area contributed by atoms with Gasteiger partial charge in [0.1, 0.15) is 5.69 Å². The number of hydrogen-bond acceptors (Lipinski definition) is 1. The molecule has 0 radical (unpaired) electrons. The van der Waals surface area contributed by atoms with E-state index >= 15 is 0 Å². The van der Waals surface area contributed by atoms with Gasteiger partial charge in [-0.1, -0.05) is 23.2 Å². The molecular formula is C14H13BrCl2N2O. The van der Waals surface area contributed by atoms with E-state index in [1.165, 1.54) is 0 Å². The molecule has 0 spiro atoms. The molecule has 1 N–H and O–H groups in total. The fourth-order valence-corrected chi connectivity index (χ4v) is 2.75. The molecule has 0 aliphatic heterocycles. The molecule has 0 atom stereocenters. The summed E-state index contributed by atoms with van der Waals surface area (Å²) in [5.41, 5.74) is 1.94. The van der Waals surface area contributed by atoms with Crippen molar-refractivity contribution in [3.8, 4) is 0 Å². The number of nitrogens with one attached hydrogen (secondary N) is 1. The van der Waals surface area contributed by atoms with Crippen LogP contribution in [0.15, 0.2) is 28.9 Å². The fraction of sp³-hybridized carbons (Fsp3) is 0.214. The van der Waals surface area contributed by atoms with E-state index < -0.39 is 0 Å². The van der Waals surface area contributed by atoms with Crippen molar-refractivity contribution in [2.75, 3.05) is 5.32 Å². The molecule has 0 unspecified atom stereocenters. The third-order valence-electron chi connectivity index (χ3n) is 2.93. The highest BCUT2D eigenvalue weighted by Gasteiger charge is 2.14. The molecule has 1 heterocycles. The number of anilines is 1. The Morgan fingerprint density at radius 3 is 2.65 bits per heavy atom. The molecule has 2 rings (SSSR count). The summed E-state index contributed by atoms with van der Waals surface area (Å²) in [4.78, 5) is 12.3. The van der Waals surface area contributed by atoms with Gasteiger partial charge in [0.05, 0.1) is 10.7 Å². The van der Waals surface area contributed by atoms with Crippen molar-refractivity contribution in [3.63, 3.8) is 0 Å². The van der Waals surface area contributed by atoms with E-state index in [4.69, 9.17) is 23.2 Å². The number of benzene rings is 1. The first kappa shape index (κ1) is 15.4. The Bertz CT molecular complexity index is 667. The second-order valence-electron chi connectivity index (χ2n) is 4.36. The van der Waals surface area contributed by atoms with Gasteiger partial charge in [-0.05, 0) is 53.5 Å². The SMILES string of the molecule is CCn1cc(Br)cc1C(=O)Nc1cc(Cl)c(C)cc1Cl. The number of carbonyl (C=O) groups is 1. The molecule has 1 aromatic carbocycles. The number of amides is 1. The smallest absolute Gasteiger partial charge is 0.272 e. The Hall–Kier alpha value is -0.970. The lowest BCUT2D eigenvalue weighted by Crippen LogP contribution is -2.16. The van der Waals surface area contributed by atoms with Gasteiger partial charge >= 0.3 is 0 Å². The van der Waals surface area contributed by atoms with Crippen LogP contribution in [0.3, 0.4) is 0 Å². The maximum absolute atomic E-state index is 12.3. The van der Waals surface area contributed by atoms with Crippen LogP contribution in [0.2, 0.25) is 10.0 Å². The molecule has 0 fully saturated rings. The highest BCUT2D eigenvalue weighted by Crippen LogP contribution is 2.29. The highest BCUT2D eigenvalue weighted by atomic mass is 79.9. The molecule has 6 heteroatoms. The Balaban J connectivity index is 2.30. The summed E-state index contributed by atoms with van der Waals surface area (Å²) < 4.78 is 2.71. The zero-order valence-electron chi connectivity index (χ0n) is 11.0. The van der Waals surface area contributed by atoms with E-state index in [1.54, 1.807) is 18.2 Å². The van der Waals surface area contributed by atoms with Crippen molar-refractivity contribution < 1.29 is 4.79 Å². The molecule has 20 heavy (non-hydrogen) atoms. The quantitative estimate of drug-likeness (QED) is 0.791. The number of nitrogens with zero attached hydrogens (tertiary/aromatic N) is 1. The summed E-state index contributed by atoms with van der Waals surface area (Å²) in [5.74, 6) is -0.223. The predicted molar refractivity (Wildman–Crippen MR) is 87.0 cm³/mol. The standard InChI is InChI=1S/C14H13BrCl2N2O/c1-3-19-7-9(15)5-13(19)14(20)18-12-6-10(16)8(2)4-11(12)17/h4-7H,3H2,1-2H3,(H,18,20). The van der Waals surface area contributed by atoms with Crippen molar-refractivity contribution in [3.05, 3.63) is 50.2 Å². The summed E-state index contributed by atoms with van der Waals surface area (Å²) in [7, 11) is 0. The number of halogens is 3. The monoisotopic (exact) mass is 374 g/mol. The average Bonchev–Trinajstić information content (AvgIpc) is 2.77. The normalized spacial score (nSPS) is 10.7. The fourth-order valence-electron chi connectivity index (χ4n) is 1.86. The van der Waals surface area contributed by atoms with Crippen LogP contribution in [0.5, 0.6) is 0 Å². The van der Waals surface area contributed by atoms with Gasteiger partial charge in [0.2, 0.25) is 0 Å². The van der Waals surface area contributed by atoms with Crippen molar-refractivity contribution >= 4 is 50.7 Å². The van der Waals surface area contributed by atoms with E-state index in [-0.39, 0.29) is 5.91 Å². The van der Waals surface area contributed by atoms with Crippen molar-refractivity contribution in [1.82, 2.24) is 4.57 Å². The largest absolute Gasteiger partial charge is 0.343 e. The van der Waals surface area contributed by atoms with Crippen LogP contribution in [0.1, 0.15) is 23.0 Å². The molecule has 0 aliphatic carbocycles. The molecule has 0 saturated heterocycles. The number of carbonyl (C=O) groups excluding carboxylic acids is 1. The van der Waals surface area contributed by atoms with Gasteiger partial charge in [-0.15, -0.1) is 0 Å². The molecule has 2 aromatic rings. The van der Waals surface area contributed by atoms with Crippen LogP contribution < -0.4 is 5.32 Å². The number of rotatable bonds is 3. The van der Waals surface area contributed by atoms with E-state index in [9.17, 15) is 4.79 Å². The summed E-state index contributed by atoms with van der Waals surface area (Å²) in [5, 5.41) is 3.82. The first-order valence-electron chi connectivity index (χ1n) is 6.05. The first-order chi connectivity index (χ1) is 9.42. The van der Waals surface area contributed by atoms with Gasteiger partial charge in [-0.3, -0.25) is 4.79 Å². The van der Waals surface area contributed by atoms with Crippen LogP contribution in [0.25, 0.3) is 0 Å². The molecule has 0 saturated carbocycles. The van der Waals surface area contributed by atoms with E-state index in [0.717, 1.165) is 10.0 Å².